The number of rotatable bonds is 6. The quantitative estimate of drug-likeness (QED) is 0.811. The average molecular weight is 331 g/mol. The molecule has 2 aromatic carbocycles. The van der Waals surface area contributed by atoms with E-state index in [-0.39, 0.29) is 5.91 Å². The fraction of sp³-hybridized carbons (Fsp3) is 0.278. The summed E-state index contributed by atoms with van der Waals surface area (Å²) in [5.41, 5.74) is 3.17. The number of anilines is 1. The lowest BCUT2D eigenvalue weighted by Gasteiger charge is -2.10. The third kappa shape index (κ3) is 4.66. The SMILES string of the molecule is COc1ccc(NC(=O)CSc2ccc(C)c(C)c2)cc1OC. The fourth-order valence-electron chi connectivity index (χ4n) is 2.06. The van der Waals surface area contributed by atoms with Gasteiger partial charge in [-0.05, 0) is 49.2 Å². The van der Waals surface area contributed by atoms with E-state index in [4.69, 9.17) is 9.47 Å². The van der Waals surface area contributed by atoms with Crippen LogP contribution in [0.5, 0.6) is 11.5 Å². The van der Waals surface area contributed by atoms with E-state index in [2.05, 4.69) is 31.3 Å². The Morgan fingerprint density at radius 3 is 2.39 bits per heavy atom. The van der Waals surface area contributed by atoms with Crippen LogP contribution in [0.15, 0.2) is 41.3 Å². The Bertz CT molecular complexity index is 701. The number of nitrogens with one attached hydrogen (secondary N) is 1. The van der Waals surface area contributed by atoms with Gasteiger partial charge in [0, 0.05) is 16.6 Å². The molecule has 0 heterocycles. The van der Waals surface area contributed by atoms with Crippen LogP contribution in [-0.2, 0) is 4.79 Å². The monoisotopic (exact) mass is 331 g/mol. The molecule has 0 aliphatic rings. The minimum atomic E-state index is -0.0551. The van der Waals surface area contributed by atoms with Gasteiger partial charge < -0.3 is 14.8 Å². The van der Waals surface area contributed by atoms with Gasteiger partial charge in [0.15, 0.2) is 11.5 Å². The fourth-order valence-corrected chi connectivity index (χ4v) is 2.86. The summed E-state index contributed by atoms with van der Waals surface area (Å²) in [4.78, 5) is 13.2. The van der Waals surface area contributed by atoms with Crippen LogP contribution < -0.4 is 14.8 Å². The first-order valence-corrected chi connectivity index (χ1v) is 8.24. The molecule has 0 aliphatic carbocycles. The van der Waals surface area contributed by atoms with Crippen LogP contribution in [0.25, 0.3) is 0 Å². The largest absolute Gasteiger partial charge is 0.493 e. The summed E-state index contributed by atoms with van der Waals surface area (Å²) >= 11 is 1.52. The molecule has 0 bridgehead atoms. The minimum Gasteiger partial charge on any atom is -0.493 e. The molecule has 0 radical (unpaired) electrons. The zero-order valence-corrected chi connectivity index (χ0v) is 14.6. The van der Waals surface area contributed by atoms with Gasteiger partial charge in [0.2, 0.25) is 5.91 Å². The Balaban J connectivity index is 1.95. The van der Waals surface area contributed by atoms with Gasteiger partial charge in [-0.25, -0.2) is 0 Å². The summed E-state index contributed by atoms with van der Waals surface area (Å²) in [6, 6.07) is 11.5. The molecule has 4 nitrogen and oxygen atoms in total. The summed E-state index contributed by atoms with van der Waals surface area (Å²) < 4.78 is 10.4. The van der Waals surface area contributed by atoms with Gasteiger partial charge in [0.1, 0.15) is 0 Å². The minimum absolute atomic E-state index is 0.0551. The van der Waals surface area contributed by atoms with E-state index in [0.29, 0.717) is 22.9 Å². The summed E-state index contributed by atoms with van der Waals surface area (Å²) in [6.45, 7) is 4.15. The number of hydrogen-bond donors (Lipinski definition) is 1. The molecule has 0 saturated heterocycles. The van der Waals surface area contributed by atoms with Gasteiger partial charge in [-0.3, -0.25) is 4.79 Å². The summed E-state index contributed by atoms with van der Waals surface area (Å²) in [5, 5.41) is 2.87. The molecule has 1 N–H and O–H groups in total. The molecule has 0 fully saturated rings. The van der Waals surface area contributed by atoms with Crippen molar-refractivity contribution in [3.63, 3.8) is 0 Å². The highest BCUT2D eigenvalue weighted by Crippen LogP contribution is 2.30. The summed E-state index contributed by atoms with van der Waals surface area (Å²) in [6.07, 6.45) is 0. The topological polar surface area (TPSA) is 47.6 Å². The Morgan fingerprint density at radius 2 is 1.74 bits per heavy atom. The van der Waals surface area contributed by atoms with Crippen LogP contribution >= 0.6 is 11.8 Å². The van der Waals surface area contributed by atoms with E-state index in [1.807, 2.05) is 6.07 Å². The first-order chi connectivity index (χ1) is 11.0. The zero-order chi connectivity index (χ0) is 16.8. The van der Waals surface area contributed by atoms with Crippen molar-refractivity contribution in [2.45, 2.75) is 18.7 Å². The van der Waals surface area contributed by atoms with E-state index in [1.54, 1.807) is 32.4 Å². The molecular formula is C18H21NO3S. The number of carbonyl (C=O) groups is 1. The number of aryl methyl sites for hydroxylation is 2. The smallest absolute Gasteiger partial charge is 0.234 e. The highest BCUT2D eigenvalue weighted by Gasteiger charge is 2.08. The Morgan fingerprint density at radius 1 is 1.00 bits per heavy atom. The molecule has 0 aromatic heterocycles. The number of amides is 1. The van der Waals surface area contributed by atoms with Crippen LogP contribution in [0.3, 0.4) is 0 Å². The van der Waals surface area contributed by atoms with Gasteiger partial charge in [-0.1, -0.05) is 6.07 Å². The highest BCUT2D eigenvalue weighted by molar-refractivity contribution is 8.00. The number of benzene rings is 2. The van der Waals surface area contributed by atoms with Gasteiger partial charge in [0.05, 0.1) is 20.0 Å². The van der Waals surface area contributed by atoms with E-state index < -0.39 is 0 Å². The number of carbonyl (C=O) groups excluding carboxylic acids is 1. The predicted octanol–water partition coefficient (Wildman–Crippen LogP) is 4.05. The van der Waals surface area contributed by atoms with Crippen LogP contribution in [0.4, 0.5) is 5.69 Å². The first-order valence-electron chi connectivity index (χ1n) is 7.25. The Labute approximate surface area is 141 Å². The molecule has 0 unspecified atom stereocenters. The van der Waals surface area contributed by atoms with Crippen LogP contribution in [-0.4, -0.2) is 25.9 Å². The maximum atomic E-state index is 12.1. The maximum absolute atomic E-state index is 12.1. The average Bonchev–Trinajstić information content (AvgIpc) is 2.55. The van der Waals surface area contributed by atoms with Crippen LogP contribution in [0.1, 0.15) is 11.1 Å². The lowest BCUT2D eigenvalue weighted by molar-refractivity contribution is -0.113. The van der Waals surface area contributed by atoms with Crippen LogP contribution in [0, 0.1) is 13.8 Å². The lowest BCUT2D eigenvalue weighted by Crippen LogP contribution is -2.14. The van der Waals surface area contributed by atoms with Crippen molar-refractivity contribution < 1.29 is 14.3 Å². The molecule has 5 heteroatoms. The molecule has 122 valence electrons. The van der Waals surface area contributed by atoms with Crippen LogP contribution in [0.2, 0.25) is 0 Å². The Hall–Kier alpha value is -2.14. The van der Waals surface area contributed by atoms with Gasteiger partial charge in [-0.15, -0.1) is 11.8 Å². The van der Waals surface area contributed by atoms with Crippen molar-refractivity contribution in [2.75, 3.05) is 25.3 Å². The molecular weight excluding hydrogens is 310 g/mol. The molecule has 0 aliphatic heterocycles. The third-order valence-corrected chi connectivity index (χ3v) is 4.51. The van der Waals surface area contributed by atoms with Crippen molar-refractivity contribution in [2.24, 2.45) is 0 Å². The standard InChI is InChI=1S/C18H21NO3S/c1-12-5-7-15(9-13(12)2)23-11-18(20)19-14-6-8-16(21-3)17(10-14)22-4/h5-10H,11H2,1-4H3,(H,19,20). The van der Waals surface area contributed by atoms with Crippen molar-refractivity contribution in [1.82, 2.24) is 0 Å². The first kappa shape index (κ1) is 17.2. The number of thioether (sulfide) groups is 1. The molecule has 0 spiro atoms. The van der Waals surface area contributed by atoms with Gasteiger partial charge in [0.25, 0.3) is 0 Å². The van der Waals surface area contributed by atoms with Crippen molar-refractivity contribution in [1.29, 1.82) is 0 Å². The second-order valence-corrected chi connectivity index (χ2v) is 6.20. The van der Waals surface area contributed by atoms with E-state index in [0.717, 1.165) is 4.90 Å². The summed E-state index contributed by atoms with van der Waals surface area (Å²) in [5.74, 6) is 1.53. The van der Waals surface area contributed by atoms with Crippen molar-refractivity contribution in [3.05, 3.63) is 47.5 Å². The van der Waals surface area contributed by atoms with Crippen molar-refractivity contribution >= 4 is 23.4 Å². The summed E-state index contributed by atoms with van der Waals surface area (Å²) in [7, 11) is 3.15. The maximum Gasteiger partial charge on any atom is 0.234 e. The number of methoxy groups -OCH3 is 2. The zero-order valence-electron chi connectivity index (χ0n) is 13.8. The second-order valence-electron chi connectivity index (χ2n) is 5.15. The predicted molar refractivity (Wildman–Crippen MR) is 94.8 cm³/mol. The van der Waals surface area contributed by atoms with Gasteiger partial charge in [-0.2, -0.15) is 0 Å². The Kier molecular flexibility index (Phi) is 5.93. The molecule has 2 rings (SSSR count). The molecule has 1 amide bonds. The molecule has 0 saturated carbocycles. The second kappa shape index (κ2) is 7.92. The number of hydrogen-bond acceptors (Lipinski definition) is 4. The third-order valence-electron chi connectivity index (χ3n) is 3.52. The van der Waals surface area contributed by atoms with Crippen molar-refractivity contribution in [3.8, 4) is 11.5 Å². The molecule has 2 aromatic rings. The number of ether oxygens (including phenoxy) is 2. The van der Waals surface area contributed by atoms with E-state index >= 15 is 0 Å². The van der Waals surface area contributed by atoms with E-state index in [9.17, 15) is 4.79 Å². The van der Waals surface area contributed by atoms with E-state index in [1.165, 1.54) is 22.9 Å². The lowest BCUT2D eigenvalue weighted by atomic mass is 10.1. The molecule has 0 atom stereocenters. The highest BCUT2D eigenvalue weighted by atomic mass is 32.2. The molecule has 23 heavy (non-hydrogen) atoms. The normalized spacial score (nSPS) is 10.3. The van der Waals surface area contributed by atoms with Gasteiger partial charge >= 0.3 is 0 Å².